The molecule has 0 nitrogen and oxygen atoms in total. The zero-order valence-electron chi connectivity index (χ0n) is 14.7. The van der Waals surface area contributed by atoms with Crippen LogP contribution in [0.2, 0.25) is 0 Å². The summed E-state index contributed by atoms with van der Waals surface area (Å²) in [5.74, 6) is 1.66. The molecule has 0 saturated carbocycles. The van der Waals surface area contributed by atoms with Crippen LogP contribution in [0.1, 0.15) is 11.1 Å². The van der Waals surface area contributed by atoms with Gasteiger partial charge in [0.2, 0.25) is 0 Å². The zero-order valence-corrected chi connectivity index (χ0v) is 16.4. The van der Waals surface area contributed by atoms with Crippen LogP contribution in [-0.2, 0) is 0 Å². The van der Waals surface area contributed by atoms with Crippen LogP contribution in [0.5, 0.6) is 0 Å². The van der Waals surface area contributed by atoms with E-state index in [1.165, 1.54) is 56.7 Å². The summed E-state index contributed by atoms with van der Waals surface area (Å²) in [6.07, 6.45) is 0. The van der Waals surface area contributed by atoms with Gasteiger partial charge in [0.05, 0.1) is 0 Å². The molecule has 125 valence electrons. The number of aryl methyl sites for hydroxylation is 1. The first-order chi connectivity index (χ1) is 13.2. The van der Waals surface area contributed by atoms with E-state index >= 15 is 0 Å². The zero-order chi connectivity index (χ0) is 18.1. The van der Waals surface area contributed by atoms with Crippen molar-refractivity contribution < 1.29 is 0 Å². The third-order valence-electron chi connectivity index (χ3n) is 5.37. The van der Waals surface area contributed by atoms with Gasteiger partial charge in [0.1, 0.15) is 0 Å². The summed E-state index contributed by atoms with van der Waals surface area (Å²) in [6, 6.07) is 22.5. The van der Waals surface area contributed by atoms with Gasteiger partial charge in [0, 0.05) is 0 Å². The maximum absolute atomic E-state index is 5.69. The van der Waals surface area contributed by atoms with Gasteiger partial charge in [-0.05, 0) is 6.92 Å². The summed E-state index contributed by atoms with van der Waals surface area (Å²) >= 11 is 3.83. The third-order valence-corrected chi connectivity index (χ3v) is 7.87. The van der Waals surface area contributed by atoms with Crippen molar-refractivity contribution in [1.29, 1.82) is 0 Å². The van der Waals surface area contributed by atoms with Crippen LogP contribution in [0, 0.1) is 6.92 Å². The summed E-state index contributed by atoms with van der Waals surface area (Å²) in [4.78, 5) is 0. The first kappa shape index (κ1) is 15.6. The third kappa shape index (κ3) is 2.25. The summed E-state index contributed by atoms with van der Waals surface area (Å²) < 4.78 is 5.55. The second-order valence-electron chi connectivity index (χ2n) is 7.18. The molecule has 0 bridgehead atoms. The Morgan fingerprint density at radius 3 is 1.89 bits per heavy atom. The van der Waals surface area contributed by atoms with Crippen LogP contribution in [0.3, 0.4) is 0 Å². The second kappa shape index (κ2) is 5.51. The summed E-state index contributed by atoms with van der Waals surface area (Å²) in [6.45, 7) is 2.16. The van der Waals surface area contributed by atoms with Crippen molar-refractivity contribution in [2.45, 2.75) is 6.92 Å². The number of hydrogen-bond donors (Lipinski definition) is 0. The van der Waals surface area contributed by atoms with Gasteiger partial charge in [-0.15, -0.1) is 0 Å². The van der Waals surface area contributed by atoms with E-state index in [9.17, 15) is 0 Å². The molecule has 0 N–H and O–H groups in total. The molecule has 6 aromatic rings. The van der Waals surface area contributed by atoms with E-state index in [0.29, 0.717) is 0 Å². The minimum absolute atomic E-state index is 1.06. The molecule has 0 unspecified atom stereocenters. The second-order valence-corrected chi connectivity index (χ2v) is 9.29. The van der Waals surface area contributed by atoms with E-state index in [4.69, 9.17) is 7.49 Å². The molecule has 0 saturated heterocycles. The predicted molar refractivity (Wildman–Crippen MR) is 125 cm³/mol. The molecular formula is C24H14BS2. The number of rotatable bonds is 1. The summed E-state index contributed by atoms with van der Waals surface area (Å²) in [5.41, 5.74) is 2.37. The Morgan fingerprint density at radius 1 is 0.667 bits per heavy atom. The molecule has 0 atom stereocenters. The van der Waals surface area contributed by atoms with Gasteiger partial charge in [0.15, 0.2) is 0 Å². The predicted octanol–water partition coefficient (Wildman–Crippen LogP) is 7.20. The van der Waals surface area contributed by atoms with Crippen molar-refractivity contribution in [1.82, 2.24) is 0 Å². The molecule has 2 aromatic heterocycles. The normalized spacial score (nSPS) is 12.0. The van der Waals surface area contributed by atoms with Crippen LogP contribution in [-0.4, -0.2) is 13.5 Å². The fraction of sp³-hybridized carbons (Fsp3) is 0.0417. The van der Waals surface area contributed by atoms with E-state index in [-0.39, 0.29) is 0 Å². The average molecular weight is 377 g/mol. The Morgan fingerprint density at radius 2 is 1.26 bits per heavy atom. The molecule has 1 radical (unpaired) electrons. The van der Waals surface area contributed by atoms with Gasteiger partial charge in [-0.1, -0.05) is 17.7 Å². The Balaban J connectivity index is 1.72. The number of thiophene rings is 2. The number of fused-ring (bicyclic) bond motifs is 7. The molecule has 0 aliphatic rings. The molecule has 4 aromatic carbocycles. The summed E-state index contributed by atoms with van der Waals surface area (Å²) in [7, 11) is 5.69. The molecule has 0 spiro atoms. The van der Waals surface area contributed by atoms with Gasteiger partial charge in [0.25, 0.3) is 0 Å². The van der Waals surface area contributed by atoms with E-state index in [2.05, 4.69) is 67.6 Å². The standard InChI is InChI=1S/C24H14BS2/c1-13-2-4-15-8-19-21(10-17(15)6-13)26-24-20-9-16-5-3-14(12-25)7-18(16)11-22(20)27-23(19)24/h2-12H,1H3. The fourth-order valence-corrected chi connectivity index (χ4v) is 6.68. The van der Waals surface area contributed by atoms with Crippen molar-refractivity contribution in [3.05, 3.63) is 71.8 Å². The number of benzene rings is 4. The quantitative estimate of drug-likeness (QED) is 0.266. The van der Waals surface area contributed by atoms with Gasteiger partial charge < -0.3 is 0 Å². The van der Waals surface area contributed by atoms with Crippen LogP contribution in [0.15, 0.2) is 60.7 Å². The molecule has 27 heavy (non-hydrogen) atoms. The molecule has 0 aliphatic heterocycles. The van der Waals surface area contributed by atoms with Crippen molar-refractivity contribution in [3.63, 3.8) is 0 Å². The van der Waals surface area contributed by atoms with E-state index < -0.39 is 0 Å². The fourth-order valence-electron chi connectivity index (χ4n) is 3.99. The SMILES string of the molecule is [B]=Cc1ccc2cc3c(cc2c1)sc1c2cc4ccc(C)cc4cc2sc31. The van der Waals surface area contributed by atoms with Crippen LogP contribution >= 0.6 is 22.7 Å². The first-order valence-electron chi connectivity index (χ1n) is 8.97. The van der Waals surface area contributed by atoms with Crippen molar-refractivity contribution in [2.24, 2.45) is 0 Å². The molecule has 6 rings (SSSR count). The Hall–Kier alpha value is -2.49. The summed E-state index contributed by atoms with van der Waals surface area (Å²) in [5, 5.41) is 7.92. The van der Waals surface area contributed by atoms with Gasteiger partial charge in [-0.2, -0.15) is 0 Å². The van der Waals surface area contributed by atoms with Gasteiger partial charge in [-0.3, -0.25) is 0 Å². The Bertz CT molecular complexity index is 1550. The van der Waals surface area contributed by atoms with Gasteiger partial charge >= 0.3 is 141 Å². The van der Waals surface area contributed by atoms with Crippen molar-refractivity contribution in [3.8, 4) is 0 Å². The Labute approximate surface area is 165 Å². The van der Waals surface area contributed by atoms with E-state index in [1.807, 2.05) is 22.7 Å². The minimum atomic E-state index is 1.06. The molecule has 2 heterocycles. The topological polar surface area (TPSA) is 0 Å². The van der Waals surface area contributed by atoms with Crippen LogP contribution < -0.4 is 0 Å². The monoisotopic (exact) mass is 377 g/mol. The van der Waals surface area contributed by atoms with Crippen LogP contribution in [0.25, 0.3) is 51.1 Å². The van der Waals surface area contributed by atoms with E-state index in [0.717, 1.165) is 5.56 Å². The van der Waals surface area contributed by atoms with Crippen molar-refractivity contribution in [2.75, 3.05) is 0 Å². The average Bonchev–Trinajstić information content (AvgIpc) is 3.19. The maximum atomic E-state index is 5.69. The van der Waals surface area contributed by atoms with Crippen LogP contribution in [0.4, 0.5) is 0 Å². The number of hydrogen-bond acceptors (Lipinski definition) is 2. The Kier molecular flexibility index (Phi) is 3.18. The molecular weight excluding hydrogens is 363 g/mol. The molecule has 0 amide bonds. The molecule has 0 aliphatic carbocycles. The van der Waals surface area contributed by atoms with Crippen molar-refractivity contribution >= 4 is 87.2 Å². The molecule has 3 heteroatoms. The molecule has 0 fully saturated rings. The first-order valence-corrected chi connectivity index (χ1v) is 10.6. The van der Waals surface area contributed by atoms with Gasteiger partial charge in [-0.25, -0.2) is 0 Å². The van der Waals surface area contributed by atoms with E-state index in [1.54, 1.807) is 5.97 Å².